The highest BCUT2D eigenvalue weighted by molar-refractivity contribution is 7.93. The summed E-state index contributed by atoms with van der Waals surface area (Å²) in [6, 6.07) is 20.1. The summed E-state index contributed by atoms with van der Waals surface area (Å²) in [6.07, 6.45) is 0. The quantitative estimate of drug-likeness (QED) is 0.216. The van der Waals surface area contributed by atoms with Gasteiger partial charge in [0.25, 0.3) is 26.0 Å². The van der Waals surface area contributed by atoms with Crippen LogP contribution in [0.3, 0.4) is 0 Å². The first-order valence-corrected chi connectivity index (χ1v) is 15.7. The topological polar surface area (TPSA) is 140 Å². The molecule has 1 amide bonds. The van der Waals surface area contributed by atoms with Crippen molar-refractivity contribution in [3.8, 4) is 11.5 Å². The Bertz CT molecular complexity index is 1850. The Labute approximate surface area is 245 Å². The Hall–Kier alpha value is -4.55. The summed E-state index contributed by atoms with van der Waals surface area (Å²) < 4.78 is 68.0. The van der Waals surface area contributed by atoms with E-state index in [9.17, 15) is 21.6 Å². The van der Waals surface area contributed by atoms with Crippen molar-refractivity contribution < 1.29 is 31.1 Å². The molecule has 0 spiro atoms. The SMILES string of the molecule is COc1ccc(OC)c(NS(=O)(=O)c2ccc(NC(=O)c3ccc(C)c(S(=O)(=O)Nc4cc(C)ccc4C)c3)cc2)c1. The third kappa shape index (κ3) is 6.84. The van der Waals surface area contributed by atoms with Crippen molar-refractivity contribution in [3.05, 3.63) is 101 Å². The number of nitrogens with one attached hydrogen (secondary N) is 3. The third-order valence-corrected chi connectivity index (χ3v) is 9.34. The Kier molecular flexibility index (Phi) is 8.78. The summed E-state index contributed by atoms with van der Waals surface area (Å²) in [7, 11) is -5.10. The Morgan fingerprint density at radius 1 is 0.667 bits per heavy atom. The number of aryl methyl sites for hydroxylation is 3. The number of hydrogen-bond donors (Lipinski definition) is 3. The Balaban J connectivity index is 1.52. The number of rotatable bonds is 10. The number of amides is 1. The van der Waals surface area contributed by atoms with Crippen LogP contribution >= 0.6 is 0 Å². The maximum Gasteiger partial charge on any atom is 0.262 e. The van der Waals surface area contributed by atoms with E-state index in [2.05, 4.69) is 14.8 Å². The van der Waals surface area contributed by atoms with Gasteiger partial charge in [0.1, 0.15) is 11.5 Å². The minimum Gasteiger partial charge on any atom is -0.497 e. The molecule has 4 aromatic rings. The predicted molar refractivity (Wildman–Crippen MR) is 163 cm³/mol. The largest absolute Gasteiger partial charge is 0.497 e. The van der Waals surface area contributed by atoms with Gasteiger partial charge >= 0.3 is 0 Å². The maximum atomic E-state index is 13.2. The molecule has 0 atom stereocenters. The molecule has 0 saturated carbocycles. The van der Waals surface area contributed by atoms with E-state index in [1.54, 1.807) is 38.1 Å². The van der Waals surface area contributed by atoms with Crippen molar-refractivity contribution in [1.82, 2.24) is 0 Å². The highest BCUT2D eigenvalue weighted by Crippen LogP contribution is 2.31. The van der Waals surface area contributed by atoms with Crippen LogP contribution in [0.25, 0.3) is 0 Å². The smallest absolute Gasteiger partial charge is 0.262 e. The zero-order valence-electron chi connectivity index (χ0n) is 23.7. The lowest BCUT2D eigenvalue weighted by atomic mass is 10.1. The number of ether oxygens (including phenoxy) is 2. The molecule has 0 aliphatic carbocycles. The molecule has 0 fully saturated rings. The predicted octanol–water partition coefficient (Wildman–Crippen LogP) is 5.48. The summed E-state index contributed by atoms with van der Waals surface area (Å²) in [5, 5.41) is 2.68. The van der Waals surface area contributed by atoms with Crippen LogP contribution in [0.1, 0.15) is 27.0 Å². The first-order chi connectivity index (χ1) is 19.8. The molecule has 220 valence electrons. The van der Waals surface area contributed by atoms with E-state index >= 15 is 0 Å². The van der Waals surface area contributed by atoms with Gasteiger partial charge in [0.15, 0.2) is 0 Å². The van der Waals surface area contributed by atoms with Crippen LogP contribution in [0.15, 0.2) is 88.7 Å². The number of anilines is 3. The van der Waals surface area contributed by atoms with Crippen molar-refractivity contribution in [2.75, 3.05) is 29.0 Å². The molecular weight excluding hydrogens is 578 g/mol. The lowest BCUT2D eigenvalue weighted by Gasteiger charge is -2.14. The molecular formula is C30H31N3O7S2. The number of hydrogen-bond acceptors (Lipinski definition) is 7. The van der Waals surface area contributed by atoms with Crippen LogP contribution in [0, 0.1) is 20.8 Å². The van der Waals surface area contributed by atoms with Gasteiger partial charge in [0, 0.05) is 17.3 Å². The van der Waals surface area contributed by atoms with Crippen LogP contribution in [0.4, 0.5) is 17.1 Å². The number of carbonyl (C=O) groups is 1. The molecule has 4 rings (SSSR count). The summed E-state index contributed by atoms with van der Waals surface area (Å²) in [5.41, 5.74) is 3.22. The van der Waals surface area contributed by atoms with Crippen molar-refractivity contribution in [2.24, 2.45) is 0 Å². The molecule has 0 aliphatic rings. The number of sulfonamides is 2. The molecule has 0 unspecified atom stereocenters. The van der Waals surface area contributed by atoms with Gasteiger partial charge in [0.05, 0.1) is 35.4 Å². The van der Waals surface area contributed by atoms with E-state index in [1.807, 2.05) is 19.1 Å². The van der Waals surface area contributed by atoms with Crippen LogP contribution in [0.2, 0.25) is 0 Å². The fourth-order valence-electron chi connectivity index (χ4n) is 4.09. The van der Waals surface area contributed by atoms with Crippen molar-refractivity contribution in [3.63, 3.8) is 0 Å². The molecule has 0 aliphatic heterocycles. The van der Waals surface area contributed by atoms with Gasteiger partial charge in [-0.15, -0.1) is 0 Å². The van der Waals surface area contributed by atoms with Crippen LogP contribution in [-0.4, -0.2) is 37.0 Å². The Morgan fingerprint density at radius 3 is 2.00 bits per heavy atom. The number of carbonyl (C=O) groups excluding carboxylic acids is 1. The molecule has 0 bridgehead atoms. The molecule has 0 radical (unpaired) electrons. The molecule has 0 heterocycles. The van der Waals surface area contributed by atoms with Crippen molar-refractivity contribution >= 4 is 43.0 Å². The maximum absolute atomic E-state index is 13.2. The number of benzene rings is 4. The van der Waals surface area contributed by atoms with Gasteiger partial charge in [-0.2, -0.15) is 0 Å². The van der Waals surface area contributed by atoms with Crippen LogP contribution < -0.4 is 24.2 Å². The zero-order valence-corrected chi connectivity index (χ0v) is 25.3. The first-order valence-electron chi connectivity index (χ1n) is 12.7. The number of methoxy groups -OCH3 is 2. The molecule has 0 aromatic heterocycles. The summed E-state index contributed by atoms with van der Waals surface area (Å²) >= 11 is 0. The van der Waals surface area contributed by atoms with E-state index in [1.165, 1.54) is 56.7 Å². The lowest BCUT2D eigenvalue weighted by Crippen LogP contribution is -2.18. The van der Waals surface area contributed by atoms with E-state index in [0.717, 1.165) is 11.1 Å². The van der Waals surface area contributed by atoms with Crippen LogP contribution in [0.5, 0.6) is 11.5 Å². The van der Waals surface area contributed by atoms with Crippen LogP contribution in [-0.2, 0) is 20.0 Å². The monoisotopic (exact) mass is 609 g/mol. The second-order valence-corrected chi connectivity index (χ2v) is 12.9. The second kappa shape index (κ2) is 12.1. The van der Waals surface area contributed by atoms with E-state index in [0.29, 0.717) is 28.4 Å². The standard InChI is InChI=1S/C30H31N3O7S2/c1-19-6-7-20(2)26(16-19)32-42(37,38)29-17-22(9-8-21(29)3)30(34)31-23-10-13-25(14-11-23)41(35,36)33-27-18-24(39-4)12-15-28(27)40-5/h6-18,32-33H,1-5H3,(H,31,34). The minimum atomic E-state index is -4.00. The highest BCUT2D eigenvalue weighted by atomic mass is 32.2. The lowest BCUT2D eigenvalue weighted by molar-refractivity contribution is 0.102. The summed E-state index contributed by atoms with van der Waals surface area (Å²) in [4.78, 5) is 13.0. The average Bonchev–Trinajstić information content (AvgIpc) is 2.95. The van der Waals surface area contributed by atoms with Gasteiger partial charge in [-0.3, -0.25) is 14.2 Å². The Morgan fingerprint density at radius 2 is 1.33 bits per heavy atom. The van der Waals surface area contributed by atoms with E-state index in [4.69, 9.17) is 9.47 Å². The van der Waals surface area contributed by atoms with Gasteiger partial charge in [0.2, 0.25) is 0 Å². The van der Waals surface area contributed by atoms with E-state index < -0.39 is 26.0 Å². The van der Waals surface area contributed by atoms with E-state index in [-0.39, 0.29) is 21.0 Å². The third-order valence-electron chi connectivity index (χ3n) is 6.45. The molecule has 3 N–H and O–H groups in total. The molecule has 12 heteroatoms. The molecule has 0 saturated heterocycles. The summed E-state index contributed by atoms with van der Waals surface area (Å²) in [6.45, 7) is 5.31. The average molecular weight is 610 g/mol. The first kappa shape index (κ1) is 30.4. The minimum absolute atomic E-state index is 0.0310. The second-order valence-electron chi connectivity index (χ2n) is 9.55. The fourth-order valence-corrected chi connectivity index (χ4v) is 6.55. The molecule has 4 aromatic carbocycles. The molecule has 42 heavy (non-hydrogen) atoms. The molecule has 10 nitrogen and oxygen atoms in total. The van der Waals surface area contributed by atoms with Gasteiger partial charge < -0.3 is 14.8 Å². The summed E-state index contributed by atoms with van der Waals surface area (Å²) in [5.74, 6) is 0.194. The van der Waals surface area contributed by atoms with Gasteiger partial charge in [-0.1, -0.05) is 18.2 Å². The van der Waals surface area contributed by atoms with Gasteiger partial charge in [-0.05, 0) is 92.1 Å². The zero-order chi connectivity index (χ0) is 30.7. The normalized spacial score (nSPS) is 11.5. The van der Waals surface area contributed by atoms with Crippen molar-refractivity contribution in [2.45, 2.75) is 30.6 Å². The fraction of sp³-hybridized carbons (Fsp3) is 0.167. The van der Waals surface area contributed by atoms with Crippen molar-refractivity contribution in [1.29, 1.82) is 0 Å². The highest BCUT2D eigenvalue weighted by Gasteiger charge is 2.21. The van der Waals surface area contributed by atoms with Gasteiger partial charge in [-0.25, -0.2) is 16.8 Å².